The molecule has 2 heterocycles. The van der Waals surface area contributed by atoms with E-state index in [2.05, 4.69) is 15.3 Å². The molecule has 0 aliphatic carbocycles. The first-order valence-corrected chi connectivity index (χ1v) is 10.9. The van der Waals surface area contributed by atoms with Gasteiger partial charge in [-0.05, 0) is 38.0 Å². The molecule has 0 bridgehead atoms. The molecule has 3 N–H and O–H groups in total. The van der Waals surface area contributed by atoms with Crippen LogP contribution in [0.1, 0.15) is 18.5 Å². The van der Waals surface area contributed by atoms with Gasteiger partial charge in [-0.25, -0.2) is 18.4 Å². The summed E-state index contributed by atoms with van der Waals surface area (Å²) in [7, 11) is -3.52. The van der Waals surface area contributed by atoms with Crippen LogP contribution in [0.5, 0.6) is 0 Å². The van der Waals surface area contributed by atoms with Gasteiger partial charge in [0.1, 0.15) is 5.82 Å². The number of hydrogen-bond acceptors (Lipinski definition) is 7. The van der Waals surface area contributed by atoms with Crippen LogP contribution in [0.4, 0.5) is 11.5 Å². The van der Waals surface area contributed by atoms with E-state index in [1.54, 1.807) is 31.2 Å². The summed E-state index contributed by atoms with van der Waals surface area (Å²) in [6.45, 7) is 2.87. The molecule has 0 saturated carbocycles. The molecule has 8 nitrogen and oxygen atoms in total. The van der Waals surface area contributed by atoms with Gasteiger partial charge in [-0.1, -0.05) is 17.8 Å². The zero-order chi connectivity index (χ0) is 19.4. The van der Waals surface area contributed by atoms with Crippen LogP contribution in [0.2, 0.25) is 0 Å². The number of rotatable bonds is 6. The van der Waals surface area contributed by atoms with E-state index in [1.807, 2.05) is 0 Å². The summed E-state index contributed by atoms with van der Waals surface area (Å²) in [6.07, 6.45) is 1.75. The van der Waals surface area contributed by atoms with Crippen LogP contribution in [0, 0.1) is 6.92 Å². The van der Waals surface area contributed by atoms with Crippen molar-refractivity contribution in [2.24, 2.45) is 0 Å². The number of carbonyl (C=O) groups excluding carboxylic acids is 1. The number of anilines is 2. The van der Waals surface area contributed by atoms with E-state index in [0.717, 1.165) is 18.5 Å². The first-order chi connectivity index (χ1) is 12.8. The standard InChI is InChI=1S/C17H21N5O3S2/c1-12-9-15(18)21-17(19-12)26-11-16(23)20-13-5-4-6-14(10-13)27(24,25)22-7-2-3-8-22/h4-6,9-10H,2-3,7-8,11H2,1H3,(H,20,23)(H2,18,19,21). The van der Waals surface area contributed by atoms with Crippen LogP contribution in [0.25, 0.3) is 0 Å². The van der Waals surface area contributed by atoms with Gasteiger partial charge >= 0.3 is 0 Å². The molecule has 0 spiro atoms. The fourth-order valence-electron chi connectivity index (χ4n) is 2.77. The monoisotopic (exact) mass is 407 g/mol. The van der Waals surface area contributed by atoms with E-state index in [0.29, 0.717) is 29.8 Å². The molecule has 1 saturated heterocycles. The maximum atomic E-state index is 12.6. The van der Waals surface area contributed by atoms with Crippen molar-refractivity contribution >= 4 is 39.2 Å². The molecule has 1 aromatic heterocycles. The summed E-state index contributed by atoms with van der Waals surface area (Å²) in [6, 6.07) is 7.96. The van der Waals surface area contributed by atoms with E-state index in [-0.39, 0.29) is 16.6 Å². The Hall–Kier alpha value is -2.17. The first-order valence-electron chi connectivity index (χ1n) is 8.48. The number of amides is 1. The van der Waals surface area contributed by atoms with Gasteiger partial charge in [0, 0.05) is 30.5 Å². The quantitative estimate of drug-likeness (QED) is 0.554. The van der Waals surface area contributed by atoms with Crippen LogP contribution in [-0.2, 0) is 14.8 Å². The fraction of sp³-hybridized carbons (Fsp3) is 0.353. The molecule has 1 aromatic carbocycles. The third-order valence-corrected chi connectivity index (χ3v) is 6.75. The highest BCUT2D eigenvalue weighted by molar-refractivity contribution is 7.99. The second-order valence-electron chi connectivity index (χ2n) is 6.19. The highest BCUT2D eigenvalue weighted by atomic mass is 32.2. The molecule has 1 aliphatic rings. The Bertz CT molecular complexity index is 923. The third-order valence-electron chi connectivity index (χ3n) is 4.01. The van der Waals surface area contributed by atoms with Gasteiger partial charge in [0.25, 0.3) is 0 Å². The number of aryl methyl sites for hydroxylation is 1. The Morgan fingerprint density at radius 3 is 2.70 bits per heavy atom. The summed E-state index contributed by atoms with van der Waals surface area (Å²) in [5.41, 5.74) is 6.84. The molecule has 2 aromatic rings. The second-order valence-corrected chi connectivity index (χ2v) is 9.07. The lowest BCUT2D eigenvalue weighted by Gasteiger charge is -2.16. The lowest BCUT2D eigenvalue weighted by Crippen LogP contribution is -2.28. The number of nitrogens with zero attached hydrogens (tertiary/aromatic N) is 3. The van der Waals surface area contributed by atoms with Crippen molar-refractivity contribution in [1.29, 1.82) is 0 Å². The van der Waals surface area contributed by atoms with Crippen LogP contribution in [-0.4, -0.2) is 47.4 Å². The number of carbonyl (C=O) groups is 1. The normalized spacial score (nSPS) is 15.0. The molecule has 0 radical (unpaired) electrons. The first kappa shape index (κ1) is 19.6. The number of benzene rings is 1. The van der Waals surface area contributed by atoms with Crippen molar-refractivity contribution in [3.63, 3.8) is 0 Å². The average Bonchev–Trinajstić information content (AvgIpc) is 3.15. The van der Waals surface area contributed by atoms with Crippen molar-refractivity contribution in [2.45, 2.75) is 29.8 Å². The molecule has 1 fully saturated rings. The van der Waals surface area contributed by atoms with Crippen molar-refractivity contribution in [2.75, 3.05) is 29.9 Å². The van der Waals surface area contributed by atoms with Crippen LogP contribution < -0.4 is 11.1 Å². The van der Waals surface area contributed by atoms with Crippen molar-refractivity contribution < 1.29 is 13.2 Å². The number of nitrogens with one attached hydrogen (secondary N) is 1. The minimum Gasteiger partial charge on any atom is -0.384 e. The topological polar surface area (TPSA) is 118 Å². The molecule has 3 rings (SSSR count). The molecular weight excluding hydrogens is 386 g/mol. The predicted octanol–water partition coefficient (Wildman–Crippen LogP) is 1.88. The Kier molecular flexibility index (Phi) is 5.98. The van der Waals surface area contributed by atoms with Crippen LogP contribution in [0.3, 0.4) is 0 Å². The highest BCUT2D eigenvalue weighted by Crippen LogP contribution is 2.23. The Balaban J connectivity index is 1.64. The van der Waals surface area contributed by atoms with Crippen molar-refractivity contribution in [3.05, 3.63) is 36.0 Å². The maximum absolute atomic E-state index is 12.6. The molecule has 144 valence electrons. The van der Waals surface area contributed by atoms with Crippen LogP contribution >= 0.6 is 11.8 Å². The zero-order valence-electron chi connectivity index (χ0n) is 14.9. The lowest BCUT2D eigenvalue weighted by molar-refractivity contribution is -0.113. The molecule has 27 heavy (non-hydrogen) atoms. The molecule has 0 atom stereocenters. The third kappa shape index (κ3) is 4.96. The molecule has 1 amide bonds. The van der Waals surface area contributed by atoms with E-state index in [9.17, 15) is 13.2 Å². The minimum absolute atomic E-state index is 0.0893. The average molecular weight is 408 g/mol. The maximum Gasteiger partial charge on any atom is 0.243 e. The Morgan fingerprint density at radius 1 is 1.26 bits per heavy atom. The van der Waals surface area contributed by atoms with Gasteiger partial charge in [-0.2, -0.15) is 4.31 Å². The van der Waals surface area contributed by atoms with Crippen LogP contribution in [0.15, 0.2) is 40.4 Å². The van der Waals surface area contributed by atoms with Gasteiger partial charge < -0.3 is 11.1 Å². The molecule has 10 heteroatoms. The van der Waals surface area contributed by atoms with E-state index in [4.69, 9.17) is 5.73 Å². The van der Waals surface area contributed by atoms with E-state index < -0.39 is 10.0 Å². The largest absolute Gasteiger partial charge is 0.384 e. The Labute approximate surface area is 162 Å². The highest BCUT2D eigenvalue weighted by Gasteiger charge is 2.27. The summed E-state index contributed by atoms with van der Waals surface area (Å²) < 4.78 is 26.7. The number of hydrogen-bond donors (Lipinski definition) is 2. The summed E-state index contributed by atoms with van der Waals surface area (Å²) in [5.74, 6) is 0.163. The smallest absolute Gasteiger partial charge is 0.243 e. The van der Waals surface area contributed by atoms with Crippen molar-refractivity contribution in [1.82, 2.24) is 14.3 Å². The van der Waals surface area contributed by atoms with E-state index in [1.165, 1.54) is 22.1 Å². The van der Waals surface area contributed by atoms with Crippen molar-refractivity contribution in [3.8, 4) is 0 Å². The number of sulfonamides is 1. The minimum atomic E-state index is -3.52. The summed E-state index contributed by atoms with van der Waals surface area (Å²) >= 11 is 1.17. The number of nitrogens with two attached hydrogens (primary N) is 1. The van der Waals surface area contributed by atoms with Gasteiger partial charge in [0.15, 0.2) is 5.16 Å². The fourth-order valence-corrected chi connectivity index (χ4v) is 5.04. The zero-order valence-corrected chi connectivity index (χ0v) is 16.5. The second kappa shape index (κ2) is 8.24. The van der Waals surface area contributed by atoms with E-state index >= 15 is 0 Å². The number of aromatic nitrogens is 2. The Morgan fingerprint density at radius 2 is 2.00 bits per heavy atom. The van der Waals surface area contributed by atoms with Gasteiger partial charge in [-0.15, -0.1) is 0 Å². The lowest BCUT2D eigenvalue weighted by atomic mass is 10.3. The molecule has 0 unspecified atom stereocenters. The van der Waals surface area contributed by atoms with Gasteiger partial charge in [0.2, 0.25) is 15.9 Å². The number of nitrogen functional groups attached to an aromatic ring is 1. The van der Waals surface area contributed by atoms with Gasteiger partial charge in [-0.3, -0.25) is 4.79 Å². The summed E-state index contributed by atoms with van der Waals surface area (Å²) in [5, 5.41) is 3.14. The molecule has 1 aliphatic heterocycles. The van der Waals surface area contributed by atoms with Gasteiger partial charge in [0.05, 0.1) is 10.6 Å². The predicted molar refractivity (Wildman–Crippen MR) is 105 cm³/mol. The molecular formula is C17H21N5O3S2. The summed E-state index contributed by atoms with van der Waals surface area (Å²) in [4.78, 5) is 20.7. The number of thioether (sulfide) groups is 1. The SMILES string of the molecule is Cc1cc(N)nc(SCC(=O)Nc2cccc(S(=O)(=O)N3CCCC3)c2)n1.